The Morgan fingerprint density at radius 2 is 1.00 bits per heavy atom. The van der Waals surface area contributed by atoms with E-state index in [1.807, 2.05) is 87.8 Å². The van der Waals surface area contributed by atoms with Gasteiger partial charge >= 0.3 is 30.2 Å². The van der Waals surface area contributed by atoms with Gasteiger partial charge in [-0.15, -0.1) is 12.4 Å². The Kier molecular flexibility index (Phi) is 32.6. The fourth-order valence-electron chi connectivity index (χ4n) is 0.642. The maximum Gasteiger partial charge on any atom is -0.172 e. The fraction of sp³-hybridized carbons (Fsp3) is 0.154. The average molecular weight is 331 g/mol. The summed E-state index contributed by atoms with van der Waals surface area (Å²) in [5.41, 5.74) is 0. The van der Waals surface area contributed by atoms with Crippen molar-refractivity contribution in [1.29, 1.82) is 0 Å². The third-order valence-corrected chi connectivity index (χ3v) is 1.11. The predicted octanol–water partition coefficient (Wildman–Crippen LogP) is 3.54. The smallest absolute Gasteiger partial charge is 0.172 e. The van der Waals surface area contributed by atoms with E-state index < -0.39 is 0 Å². The molecule has 0 saturated carbocycles. The van der Waals surface area contributed by atoms with Gasteiger partial charge < -0.3 is 6.42 Å². The monoisotopic (exact) mass is 329 g/mol. The zero-order valence-corrected chi connectivity index (χ0v) is 14.7. The van der Waals surface area contributed by atoms with Crippen LogP contribution in [0.2, 0.25) is 0 Å². The van der Waals surface area contributed by atoms with Crippen molar-refractivity contribution in [3.8, 4) is 0 Å². The molecule has 0 unspecified atom stereocenters. The van der Waals surface area contributed by atoms with Crippen LogP contribution in [-0.4, -0.2) is 6.88 Å². The van der Waals surface area contributed by atoms with Gasteiger partial charge in [-0.05, 0) is 0 Å². The maximum atomic E-state index is 2.00. The Morgan fingerprint density at radius 1 is 0.812 bits per heavy atom. The third kappa shape index (κ3) is 23.7. The van der Waals surface area contributed by atoms with E-state index >= 15 is 0 Å². The largest absolute Gasteiger partial charge is 0.214 e. The summed E-state index contributed by atoms with van der Waals surface area (Å²) >= 11 is 1.58. The minimum Gasteiger partial charge on any atom is -0.214 e. The van der Waals surface area contributed by atoms with Crippen molar-refractivity contribution in [2.75, 3.05) is 0 Å². The van der Waals surface area contributed by atoms with E-state index in [-0.39, 0.29) is 12.4 Å². The van der Waals surface area contributed by atoms with Crippen LogP contribution in [0.4, 0.5) is 0 Å². The molecule has 0 aliphatic rings. The minimum absolute atomic E-state index is 0. The Hall–Kier alpha value is 0.0900. The van der Waals surface area contributed by atoms with E-state index in [1.54, 1.807) is 23.3 Å². The van der Waals surface area contributed by atoms with Gasteiger partial charge in [0.2, 0.25) is 0 Å². The summed E-state index contributed by atoms with van der Waals surface area (Å²) in [4.78, 5) is 0. The molecule has 0 aromatic heterocycles. The van der Waals surface area contributed by atoms with Crippen LogP contribution in [0.15, 0.2) is 60.7 Å². The molecule has 0 spiro atoms. The van der Waals surface area contributed by atoms with Crippen LogP contribution in [0.5, 0.6) is 0 Å². The molecule has 2 aromatic rings. The molecule has 0 nitrogen and oxygen atoms in total. The van der Waals surface area contributed by atoms with Gasteiger partial charge in [0.25, 0.3) is 0 Å². The molecular formula is C13H20ClSiZr-3. The Morgan fingerprint density at radius 3 is 1.06 bits per heavy atom. The second-order valence-corrected chi connectivity index (χ2v) is 2.50. The number of halogens is 1. The molecule has 0 N–H and O–H groups in total. The summed E-state index contributed by atoms with van der Waals surface area (Å²) in [6.45, 7) is 5.95. The zero-order chi connectivity index (χ0) is 11.8. The molecule has 0 saturated heterocycles. The van der Waals surface area contributed by atoms with Gasteiger partial charge in [-0.25, -0.2) is 24.3 Å². The van der Waals surface area contributed by atoms with Gasteiger partial charge in [0, 0.05) is 0 Å². The van der Waals surface area contributed by atoms with E-state index in [2.05, 4.69) is 0 Å². The van der Waals surface area contributed by atoms with Crippen LogP contribution < -0.4 is 0 Å². The first-order valence-corrected chi connectivity index (χ1v) is 10.8. The summed E-state index contributed by atoms with van der Waals surface area (Å²) in [5.74, 6) is 0. The first kappa shape index (κ1) is 21.4. The van der Waals surface area contributed by atoms with Gasteiger partial charge in [0.05, 0.1) is 0 Å². The van der Waals surface area contributed by atoms with Crippen LogP contribution >= 0.6 is 12.4 Å². The first-order valence-electron chi connectivity index (χ1n) is 4.84. The quantitative estimate of drug-likeness (QED) is 0.512. The van der Waals surface area contributed by atoms with Crippen LogP contribution in [-0.2, 0) is 23.3 Å². The number of rotatable bonds is 0. The van der Waals surface area contributed by atoms with Gasteiger partial charge in [0.1, 0.15) is 0 Å². The van der Waals surface area contributed by atoms with Gasteiger partial charge in [-0.1, -0.05) is 0 Å². The molecular weight excluding hydrogens is 311 g/mol. The summed E-state index contributed by atoms with van der Waals surface area (Å²) in [6.07, 6.45) is 2.00. The first-order chi connectivity index (χ1) is 7.41. The molecule has 0 heterocycles. The Labute approximate surface area is 123 Å². The molecule has 90 valence electrons. The van der Waals surface area contributed by atoms with Gasteiger partial charge in [-0.3, -0.25) is 0 Å². The normalized spacial score (nSPS) is 6.31. The zero-order valence-electron chi connectivity index (χ0n) is 9.97. The number of hydrogen-bond donors (Lipinski definition) is 0. The van der Waals surface area contributed by atoms with Crippen LogP contribution in [0.1, 0.15) is 13.8 Å². The molecule has 3 heteroatoms. The topological polar surface area (TPSA) is 0 Å². The van der Waals surface area contributed by atoms with E-state index in [9.17, 15) is 0 Å². The SMILES string of the molecule is C[CH-]C.Cl.[SiH2]=[Zr].c1cc[cH-]c1.c1cc[cH-]c1. The molecule has 16 heavy (non-hydrogen) atoms. The van der Waals surface area contributed by atoms with Gasteiger partial charge in [-0.2, -0.15) is 50.2 Å². The van der Waals surface area contributed by atoms with Gasteiger partial charge in [0.15, 0.2) is 0 Å². The Bertz CT molecular complexity index is 180. The van der Waals surface area contributed by atoms with Crippen molar-refractivity contribution in [2.24, 2.45) is 0 Å². The van der Waals surface area contributed by atoms with Crippen molar-refractivity contribution in [3.05, 3.63) is 67.1 Å². The van der Waals surface area contributed by atoms with Crippen molar-refractivity contribution in [2.45, 2.75) is 13.8 Å². The molecule has 2 rings (SSSR count). The molecule has 0 aliphatic heterocycles. The average Bonchev–Trinajstić information content (AvgIpc) is 3.01. The van der Waals surface area contributed by atoms with E-state index in [0.29, 0.717) is 0 Å². The molecule has 0 atom stereocenters. The molecule has 0 aliphatic carbocycles. The number of hydrogen-bond acceptors (Lipinski definition) is 0. The fourth-order valence-corrected chi connectivity index (χ4v) is 0.642. The molecule has 0 amide bonds. The maximum absolute atomic E-state index is 2.00. The molecule has 0 bridgehead atoms. The molecule has 2 aromatic carbocycles. The molecule has 0 radical (unpaired) electrons. The van der Waals surface area contributed by atoms with Crippen molar-refractivity contribution < 1.29 is 23.3 Å². The molecule has 0 fully saturated rings. The minimum atomic E-state index is 0. The summed E-state index contributed by atoms with van der Waals surface area (Å²) in [5, 5.41) is 0. The van der Waals surface area contributed by atoms with E-state index in [0.717, 1.165) is 0 Å². The third-order valence-electron chi connectivity index (χ3n) is 1.11. The summed E-state index contributed by atoms with van der Waals surface area (Å²) in [7, 11) is 0. The summed E-state index contributed by atoms with van der Waals surface area (Å²) in [6, 6.07) is 20.0. The van der Waals surface area contributed by atoms with Crippen LogP contribution in [0.3, 0.4) is 0 Å². The van der Waals surface area contributed by atoms with Crippen molar-refractivity contribution in [1.82, 2.24) is 0 Å². The van der Waals surface area contributed by atoms with E-state index in [1.165, 1.54) is 0 Å². The Balaban J connectivity index is -0.000000147. The predicted molar refractivity (Wildman–Crippen MR) is 75.5 cm³/mol. The van der Waals surface area contributed by atoms with Crippen LogP contribution in [0.25, 0.3) is 0 Å². The second-order valence-electron chi connectivity index (χ2n) is 2.50. The van der Waals surface area contributed by atoms with Crippen LogP contribution in [0, 0.1) is 6.42 Å². The second kappa shape index (κ2) is 24.4. The van der Waals surface area contributed by atoms with E-state index in [4.69, 9.17) is 0 Å². The standard InChI is InChI=1S/2C5H5.C3H7.ClH.H2Si.Zr/c2*1-2-4-5-3-1;1-3-2;;;/h2*1-5H;3H,1-2H3;1H;1H2;/q3*-1;;;. The van der Waals surface area contributed by atoms with Crippen molar-refractivity contribution >= 4 is 19.3 Å². The summed E-state index contributed by atoms with van der Waals surface area (Å²) < 4.78 is 0. The van der Waals surface area contributed by atoms with Crippen molar-refractivity contribution in [3.63, 3.8) is 0 Å².